The van der Waals surface area contributed by atoms with Gasteiger partial charge in [0, 0.05) is 5.39 Å². The van der Waals surface area contributed by atoms with Gasteiger partial charge in [0.15, 0.2) is 5.65 Å². The molecule has 0 unspecified atom stereocenters. The van der Waals surface area contributed by atoms with Crippen LogP contribution in [0.2, 0.25) is 5.15 Å². The van der Waals surface area contributed by atoms with Gasteiger partial charge in [-0.1, -0.05) is 28.9 Å². The number of benzene rings is 1. The first-order valence-electron chi connectivity index (χ1n) is 5.69. The number of esters is 1. The Labute approximate surface area is 113 Å². The summed E-state index contributed by atoms with van der Waals surface area (Å²) in [6.45, 7) is 1.98. The third-order valence-corrected chi connectivity index (χ3v) is 2.96. The highest BCUT2D eigenvalue weighted by Crippen LogP contribution is 2.23. The highest BCUT2D eigenvalue weighted by atomic mass is 35.5. The molecule has 0 atom stereocenters. The molecule has 1 aromatic carbocycles. The van der Waals surface area contributed by atoms with Gasteiger partial charge in [-0.3, -0.25) is 0 Å². The third kappa shape index (κ3) is 1.80. The normalized spacial score (nSPS) is 11.1. The maximum Gasteiger partial charge on any atom is 0.362 e. The molecule has 0 bridgehead atoms. The average Bonchev–Trinajstić information content (AvgIpc) is 2.83. The van der Waals surface area contributed by atoms with Crippen molar-refractivity contribution < 1.29 is 9.53 Å². The van der Waals surface area contributed by atoms with Crippen LogP contribution in [0.3, 0.4) is 0 Å². The summed E-state index contributed by atoms with van der Waals surface area (Å²) >= 11 is 6.11. The fourth-order valence-electron chi connectivity index (χ4n) is 1.86. The van der Waals surface area contributed by atoms with Crippen LogP contribution in [0.5, 0.6) is 0 Å². The van der Waals surface area contributed by atoms with Crippen molar-refractivity contribution in [3.05, 3.63) is 35.1 Å². The van der Waals surface area contributed by atoms with Gasteiger partial charge in [0.25, 0.3) is 0 Å². The molecule has 7 heteroatoms. The molecule has 6 nitrogen and oxygen atoms in total. The van der Waals surface area contributed by atoms with E-state index in [-0.39, 0.29) is 12.3 Å². The van der Waals surface area contributed by atoms with Crippen molar-refractivity contribution >= 4 is 34.1 Å². The zero-order valence-electron chi connectivity index (χ0n) is 10.00. The monoisotopic (exact) mass is 276 g/mol. The fraction of sp³-hybridized carbons (Fsp3) is 0.167. The predicted molar refractivity (Wildman–Crippen MR) is 69.3 cm³/mol. The van der Waals surface area contributed by atoms with Crippen molar-refractivity contribution in [3.63, 3.8) is 0 Å². The molecular weight excluding hydrogens is 268 g/mol. The maximum absolute atomic E-state index is 11.7. The lowest BCUT2D eigenvalue weighted by atomic mass is 10.2. The van der Waals surface area contributed by atoms with Crippen LogP contribution in [0.4, 0.5) is 0 Å². The summed E-state index contributed by atoms with van der Waals surface area (Å²) in [4.78, 5) is 15.9. The molecule has 19 heavy (non-hydrogen) atoms. The number of halogens is 1. The quantitative estimate of drug-likeness (QED) is 0.530. The van der Waals surface area contributed by atoms with E-state index < -0.39 is 5.97 Å². The lowest BCUT2D eigenvalue weighted by molar-refractivity contribution is 0.0521. The Morgan fingerprint density at radius 1 is 1.42 bits per heavy atom. The first-order chi connectivity index (χ1) is 9.22. The third-order valence-electron chi connectivity index (χ3n) is 2.67. The van der Waals surface area contributed by atoms with Gasteiger partial charge < -0.3 is 4.74 Å². The van der Waals surface area contributed by atoms with Crippen molar-refractivity contribution in [1.82, 2.24) is 19.8 Å². The second-order valence-electron chi connectivity index (χ2n) is 3.81. The average molecular weight is 277 g/mol. The van der Waals surface area contributed by atoms with Crippen LogP contribution in [-0.2, 0) is 4.74 Å². The van der Waals surface area contributed by atoms with E-state index in [0.717, 1.165) is 10.9 Å². The zero-order chi connectivity index (χ0) is 13.4. The molecule has 0 aliphatic rings. The number of para-hydroxylation sites is 1. The van der Waals surface area contributed by atoms with Crippen molar-refractivity contribution in [2.75, 3.05) is 6.61 Å². The standard InChI is InChI=1S/C12H9ClN4O2/c1-2-19-12(18)9-11-14-10(13)7-5-3-4-6-8(7)17(11)16-15-9/h3-6H,2H2,1H3. The zero-order valence-corrected chi connectivity index (χ0v) is 10.8. The summed E-state index contributed by atoms with van der Waals surface area (Å²) in [5.41, 5.74) is 1.09. The smallest absolute Gasteiger partial charge is 0.362 e. The summed E-state index contributed by atoms with van der Waals surface area (Å²) < 4.78 is 6.39. The van der Waals surface area contributed by atoms with Gasteiger partial charge in [0.2, 0.25) is 5.69 Å². The number of rotatable bonds is 2. The molecule has 0 saturated heterocycles. The molecule has 0 radical (unpaired) electrons. The van der Waals surface area contributed by atoms with Gasteiger partial charge >= 0.3 is 5.97 Å². The minimum absolute atomic E-state index is 0.0644. The van der Waals surface area contributed by atoms with Crippen LogP contribution >= 0.6 is 11.6 Å². The van der Waals surface area contributed by atoms with E-state index in [1.54, 1.807) is 6.92 Å². The first kappa shape index (κ1) is 11.9. The molecule has 0 saturated carbocycles. The molecular formula is C12H9ClN4O2. The van der Waals surface area contributed by atoms with Crippen LogP contribution in [0.15, 0.2) is 24.3 Å². The molecule has 0 N–H and O–H groups in total. The highest BCUT2D eigenvalue weighted by molar-refractivity contribution is 6.34. The van der Waals surface area contributed by atoms with Gasteiger partial charge in [0.05, 0.1) is 12.1 Å². The number of hydrogen-bond donors (Lipinski definition) is 0. The Morgan fingerprint density at radius 2 is 2.21 bits per heavy atom. The summed E-state index contributed by atoms with van der Waals surface area (Å²) in [6.07, 6.45) is 0. The summed E-state index contributed by atoms with van der Waals surface area (Å²) in [6, 6.07) is 7.37. The van der Waals surface area contributed by atoms with E-state index in [1.807, 2.05) is 24.3 Å². The molecule has 3 aromatic rings. The fourth-order valence-corrected chi connectivity index (χ4v) is 2.10. The van der Waals surface area contributed by atoms with Crippen LogP contribution in [0, 0.1) is 0 Å². The molecule has 0 spiro atoms. The van der Waals surface area contributed by atoms with Crippen LogP contribution in [0.25, 0.3) is 16.6 Å². The molecule has 96 valence electrons. The summed E-state index contributed by atoms with van der Waals surface area (Å²) in [7, 11) is 0. The summed E-state index contributed by atoms with van der Waals surface area (Å²) in [5.74, 6) is -0.559. The Balaban J connectivity index is 2.33. The van der Waals surface area contributed by atoms with Crippen molar-refractivity contribution in [1.29, 1.82) is 0 Å². The van der Waals surface area contributed by atoms with E-state index in [4.69, 9.17) is 16.3 Å². The van der Waals surface area contributed by atoms with Crippen LogP contribution < -0.4 is 0 Å². The van der Waals surface area contributed by atoms with Crippen molar-refractivity contribution in [2.24, 2.45) is 0 Å². The molecule has 0 fully saturated rings. The Morgan fingerprint density at radius 3 is 3.00 bits per heavy atom. The van der Waals surface area contributed by atoms with E-state index >= 15 is 0 Å². The lowest BCUT2D eigenvalue weighted by Crippen LogP contribution is -2.06. The topological polar surface area (TPSA) is 69.4 Å². The van der Waals surface area contributed by atoms with Gasteiger partial charge in [-0.15, -0.1) is 5.10 Å². The Kier molecular flexibility index (Phi) is 2.79. The SMILES string of the molecule is CCOC(=O)c1nnn2c1nc(Cl)c1ccccc12. The van der Waals surface area contributed by atoms with E-state index in [0.29, 0.717) is 10.8 Å². The molecule has 0 aliphatic carbocycles. The molecule has 3 rings (SSSR count). The van der Waals surface area contributed by atoms with E-state index in [1.165, 1.54) is 4.52 Å². The number of carbonyl (C=O) groups is 1. The molecule has 0 amide bonds. The van der Waals surface area contributed by atoms with Crippen LogP contribution in [-0.4, -0.2) is 32.4 Å². The van der Waals surface area contributed by atoms with Crippen LogP contribution in [0.1, 0.15) is 17.4 Å². The number of hydrogen-bond acceptors (Lipinski definition) is 5. The first-order valence-corrected chi connectivity index (χ1v) is 6.07. The number of fused-ring (bicyclic) bond motifs is 3. The van der Waals surface area contributed by atoms with Gasteiger partial charge in [0.1, 0.15) is 5.15 Å². The second-order valence-corrected chi connectivity index (χ2v) is 4.17. The predicted octanol–water partition coefficient (Wildman–Crippen LogP) is 2.11. The largest absolute Gasteiger partial charge is 0.461 e. The number of carbonyl (C=O) groups excluding carboxylic acids is 1. The lowest BCUT2D eigenvalue weighted by Gasteiger charge is -2.02. The van der Waals surface area contributed by atoms with E-state index in [2.05, 4.69) is 15.3 Å². The molecule has 2 aromatic heterocycles. The van der Waals surface area contributed by atoms with Gasteiger partial charge in [-0.05, 0) is 19.1 Å². The maximum atomic E-state index is 11.7. The van der Waals surface area contributed by atoms with Gasteiger partial charge in [-0.2, -0.15) is 4.52 Å². The Bertz CT molecular complexity index is 784. The van der Waals surface area contributed by atoms with Crippen molar-refractivity contribution in [3.8, 4) is 0 Å². The summed E-state index contributed by atoms with van der Waals surface area (Å²) in [5, 5.41) is 8.81. The number of ether oxygens (including phenoxy) is 1. The van der Waals surface area contributed by atoms with Gasteiger partial charge in [-0.25, -0.2) is 9.78 Å². The number of nitrogens with zero attached hydrogens (tertiary/aromatic N) is 4. The highest BCUT2D eigenvalue weighted by Gasteiger charge is 2.19. The van der Waals surface area contributed by atoms with E-state index in [9.17, 15) is 4.79 Å². The number of aromatic nitrogens is 4. The molecule has 2 heterocycles. The second kappa shape index (κ2) is 4.47. The van der Waals surface area contributed by atoms with Crippen molar-refractivity contribution in [2.45, 2.75) is 6.92 Å². The minimum Gasteiger partial charge on any atom is -0.461 e. The Hall–Kier alpha value is -2.21. The molecule has 0 aliphatic heterocycles. The minimum atomic E-state index is -0.559.